The van der Waals surface area contributed by atoms with E-state index in [0.29, 0.717) is 5.92 Å². The van der Waals surface area contributed by atoms with Crippen LogP contribution in [0.25, 0.3) is 0 Å². The quantitative estimate of drug-likeness (QED) is 0.471. The fourth-order valence-corrected chi connectivity index (χ4v) is 2.03. The second-order valence-corrected chi connectivity index (χ2v) is 3.73. The first-order chi connectivity index (χ1) is 5.31. The molecule has 0 atom stereocenters. The van der Waals surface area contributed by atoms with Crippen molar-refractivity contribution in [3.63, 3.8) is 0 Å². The van der Waals surface area contributed by atoms with Crippen LogP contribution >= 0.6 is 0 Å². The highest BCUT2D eigenvalue weighted by atomic mass is 16.3. The van der Waals surface area contributed by atoms with E-state index in [0.717, 1.165) is 39.0 Å². The van der Waals surface area contributed by atoms with Crippen LogP contribution in [0.1, 0.15) is 12.8 Å². The third-order valence-corrected chi connectivity index (χ3v) is 2.96. The van der Waals surface area contributed by atoms with Crippen molar-refractivity contribution >= 4 is 0 Å². The Labute approximate surface area is 67.2 Å². The third kappa shape index (κ3) is 1.28. The van der Waals surface area contributed by atoms with Gasteiger partial charge in [0.25, 0.3) is 0 Å². The summed E-state index contributed by atoms with van der Waals surface area (Å²) < 4.78 is 0. The van der Waals surface area contributed by atoms with E-state index in [4.69, 9.17) is 0 Å². The fourth-order valence-electron chi connectivity index (χ4n) is 2.03. The standard InChI is InChI=1S/C8H16N2O/c11-8(5-10-6-8)7-1-3-9-4-2-7/h7,9-11H,1-6H2. The number of nitrogens with one attached hydrogen (secondary N) is 2. The van der Waals surface area contributed by atoms with Crippen molar-refractivity contribution in [2.24, 2.45) is 5.92 Å². The predicted molar refractivity (Wildman–Crippen MR) is 43.4 cm³/mol. The molecule has 0 aromatic rings. The van der Waals surface area contributed by atoms with Gasteiger partial charge in [0.05, 0.1) is 5.60 Å². The molecule has 0 unspecified atom stereocenters. The Hall–Kier alpha value is -0.120. The predicted octanol–water partition coefficient (Wildman–Crippen LogP) is -0.680. The Morgan fingerprint density at radius 3 is 2.18 bits per heavy atom. The maximum atomic E-state index is 9.94. The van der Waals surface area contributed by atoms with Crippen LogP contribution in [-0.4, -0.2) is 36.9 Å². The monoisotopic (exact) mass is 156 g/mol. The highest BCUT2D eigenvalue weighted by molar-refractivity contribution is 4.99. The maximum absolute atomic E-state index is 9.94. The Kier molecular flexibility index (Phi) is 1.87. The molecule has 2 aliphatic rings. The summed E-state index contributed by atoms with van der Waals surface area (Å²) in [6.07, 6.45) is 2.27. The van der Waals surface area contributed by atoms with Crippen molar-refractivity contribution in [1.29, 1.82) is 0 Å². The largest absolute Gasteiger partial charge is 0.387 e. The molecule has 0 amide bonds. The lowest BCUT2D eigenvalue weighted by atomic mass is 9.77. The maximum Gasteiger partial charge on any atom is 0.0923 e. The summed E-state index contributed by atoms with van der Waals surface area (Å²) in [6, 6.07) is 0. The van der Waals surface area contributed by atoms with Gasteiger partial charge in [-0.15, -0.1) is 0 Å². The van der Waals surface area contributed by atoms with E-state index in [1.807, 2.05) is 0 Å². The van der Waals surface area contributed by atoms with Crippen molar-refractivity contribution in [1.82, 2.24) is 10.6 Å². The molecule has 0 aromatic carbocycles. The number of β-amino-alcohol motifs (C(OH)–C–C–N with tert-alkyl or cyclic N) is 1. The van der Waals surface area contributed by atoms with Crippen LogP contribution in [0.3, 0.4) is 0 Å². The van der Waals surface area contributed by atoms with E-state index in [1.54, 1.807) is 0 Å². The van der Waals surface area contributed by atoms with E-state index >= 15 is 0 Å². The SMILES string of the molecule is OC1(C2CCNCC2)CNC1. The zero-order valence-electron chi connectivity index (χ0n) is 6.77. The molecular formula is C8H16N2O. The third-order valence-electron chi connectivity index (χ3n) is 2.96. The summed E-state index contributed by atoms with van der Waals surface area (Å²) in [5.74, 6) is 0.532. The second kappa shape index (κ2) is 2.73. The molecular weight excluding hydrogens is 140 g/mol. The summed E-state index contributed by atoms with van der Waals surface area (Å²) in [6.45, 7) is 3.76. The molecule has 2 fully saturated rings. The lowest BCUT2D eigenvalue weighted by Gasteiger charge is -2.45. The van der Waals surface area contributed by atoms with Crippen LogP contribution in [-0.2, 0) is 0 Å². The topological polar surface area (TPSA) is 44.3 Å². The molecule has 0 radical (unpaired) electrons. The minimum Gasteiger partial charge on any atom is -0.387 e. The molecule has 2 aliphatic heterocycles. The van der Waals surface area contributed by atoms with Gasteiger partial charge in [-0.3, -0.25) is 0 Å². The van der Waals surface area contributed by atoms with E-state index in [9.17, 15) is 5.11 Å². The fraction of sp³-hybridized carbons (Fsp3) is 1.00. The molecule has 11 heavy (non-hydrogen) atoms. The Morgan fingerprint density at radius 1 is 1.09 bits per heavy atom. The molecule has 3 heteroatoms. The average Bonchev–Trinajstić information content (AvgIpc) is 2.02. The molecule has 2 heterocycles. The number of hydrogen-bond acceptors (Lipinski definition) is 3. The van der Waals surface area contributed by atoms with Crippen LogP contribution in [0.4, 0.5) is 0 Å². The van der Waals surface area contributed by atoms with E-state index in [-0.39, 0.29) is 5.60 Å². The minimum absolute atomic E-state index is 0.359. The molecule has 64 valence electrons. The number of aliphatic hydroxyl groups is 1. The summed E-state index contributed by atoms with van der Waals surface area (Å²) in [5, 5.41) is 16.4. The van der Waals surface area contributed by atoms with E-state index in [1.165, 1.54) is 0 Å². The van der Waals surface area contributed by atoms with Gasteiger partial charge in [-0.2, -0.15) is 0 Å². The average molecular weight is 156 g/mol. The molecule has 0 aromatic heterocycles. The number of piperidine rings is 1. The number of hydrogen-bond donors (Lipinski definition) is 3. The van der Waals surface area contributed by atoms with Gasteiger partial charge in [-0.05, 0) is 31.8 Å². The van der Waals surface area contributed by atoms with Crippen molar-refractivity contribution in [2.75, 3.05) is 26.2 Å². The van der Waals surface area contributed by atoms with Gasteiger partial charge in [0, 0.05) is 13.1 Å². The zero-order valence-corrected chi connectivity index (χ0v) is 6.77. The molecule has 3 N–H and O–H groups in total. The van der Waals surface area contributed by atoms with Crippen molar-refractivity contribution in [2.45, 2.75) is 18.4 Å². The van der Waals surface area contributed by atoms with Gasteiger partial charge >= 0.3 is 0 Å². The summed E-state index contributed by atoms with van der Waals surface area (Å²) in [5.41, 5.74) is -0.359. The Bertz CT molecular complexity index is 139. The molecule has 0 aliphatic carbocycles. The lowest BCUT2D eigenvalue weighted by Crippen LogP contribution is -2.64. The molecule has 0 saturated carbocycles. The van der Waals surface area contributed by atoms with Gasteiger partial charge < -0.3 is 15.7 Å². The molecule has 0 bridgehead atoms. The van der Waals surface area contributed by atoms with Gasteiger partial charge in [-0.1, -0.05) is 0 Å². The smallest absolute Gasteiger partial charge is 0.0923 e. The molecule has 3 nitrogen and oxygen atoms in total. The minimum atomic E-state index is -0.359. The summed E-state index contributed by atoms with van der Waals surface area (Å²) in [7, 11) is 0. The second-order valence-electron chi connectivity index (χ2n) is 3.73. The van der Waals surface area contributed by atoms with Crippen LogP contribution in [0, 0.1) is 5.92 Å². The molecule has 2 rings (SSSR count). The van der Waals surface area contributed by atoms with Gasteiger partial charge in [0.2, 0.25) is 0 Å². The zero-order chi connectivity index (χ0) is 7.73. The van der Waals surface area contributed by atoms with Gasteiger partial charge in [0.1, 0.15) is 0 Å². The lowest BCUT2D eigenvalue weighted by molar-refractivity contribution is -0.0706. The van der Waals surface area contributed by atoms with Crippen LogP contribution in [0.15, 0.2) is 0 Å². The van der Waals surface area contributed by atoms with E-state index in [2.05, 4.69) is 10.6 Å². The number of rotatable bonds is 1. The first-order valence-corrected chi connectivity index (χ1v) is 4.45. The summed E-state index contributed by atoms with van der Waals surface area (Å²) >= 11 is 0. The first-order valence-electron chi connectivity index (χ1n) is 4.45. The van der Waals surface area contributed by atoms with Gasteiger partial charge in [-0.25, -0.2) is 0 Å². The molecule has 2 saturated heterocycles. The van der Waals surface area contributed by atoms with Crippen LogP contribution < -0.4 is 10.6 Å². The van der Waals surface area contributed by atoms with Crippen molar-refractivity contribution in [3.05, 3.63) is 0 Å². The Morgan fingerprint density at radius 2 is 1.73 bits per heavy atom. The highest BCUT2D eigenvalue weighted by Crippen LogP contribution is 2.28. The van der Waals surface area contributed by atoms with Gasteiger partial charge in [0.15, 0.2) is 0 Å². The van der Waals surface area contributed by atoms with Crippen LogP contribution in [0.5, 0.6) is 0 Å². The van der Waals surface area contributed by atoms with Crippen molar-refractivity contribution in [3.8, 4) is 0 Å². The summed E-state index contributed by atoms with van der Waals surface area (Å²) in [4.78, 5) is 0. The highest BCUT2D eigenvalue weighted by Gasteiger charge is 2.42. The first kappa shape index (κ1) is 7.53. The van der Waals surface area contributed by atoms with E-state index < -0.39 is 0 Å². The van der Waals surface area contributed by atoms with Crippen molar-refractivity contribution < 1.29 is 5.11 Å². The van der Waals surface area contributed by atoms with Crippen LogP contribution in [0.2, 0.25) is 0 Å². The molecule has 0 spiro atoms. The Balaban J connectivity index is 1.91. The normalized spacial score (nSPS) is 31.4.